The van der Waals surface area contributed by atoms with Crippen LogP contribution in [0.4, 0.5) is 0 Å². The molecule has 17 heavy (non-hydrogen) atoms. The van der Waals surface area contributed by atoms with E-state index in [-0.39, 0.29) is 0 Å². The molecule has 1 heteroatoms. The van der Waals surface area contributed by atoms with E-state index in [1.807, 2.05) is 20.8 Å². The van der Waals surface area contributed by atoms with Crippen LogP contribution in [0.25, 0.3) is 0 Å². The topological polar surface area (TPSA) is 9.23 Å². The first-order chi connectivity index (χ1) is 8.40. The van der Waals surface area contributed by atoms with Crippen molar-refractivity contribution in [3.8, 4) is 5.75 Å². The lowest BCUT2D eigenvalue weighted by atomic mass is 9.84. The Balaban J connectivity index is 0.000000686. The van der Waals surface area contributed by atoms with Gasteiger partial charge in [-0.3, -0.25) is 0 Å². The smallest absolute Gasteiger partial charge is 0.119 e. The van der Waals surface area contributed by atoms with E-state index in [0.717, 1.165) is 18.3 Å². The Morgan fingerprint density at radius 2 is 1.59 bits per heavy atom. The van der Waals surface area contributed by atoms with Crippen molar-refractivity contribution in [2.45, 2.75) is 58.8 Å². The van der Waals surface area contributed by atoms with Crippen molar-refractivity contribution in [3.05, 3.63) is 29.8 Å². The Bertz CT molecular complexity index is 283. The molecule has 1 aromatic rings. The first-order valence-corrected chi connectivity index (χ1v) is 7.13. The van der Waals surface area contributed by atoms with Crippen LogP contribution in [0.5, 0.6) is 5.75 Å². The summed E-state index contributed by atoms with van der Waals surface area (Å²) in [5.74, 6) is 1.80. The molecule has 1 nitrogen and oxygen atoms in total. The third-order valence-electron chi connectivity index (χ3n) is 3.27. The Morgan fingerprint density at radius 1 is 1.00 bits per heavy atom. The zero-order valence-corrected chi connectivity index (χ0v) is 11.5. The lowest BCUT2D eigenvalue weighted by Crippen LogP contribution is -2.04. The molecule has 1 aliphatic carbocycles. The molecule has 0 bridgehead atoms. The largest absolute Gasteiger partial charge is 0.494 e. The normalized spacial score (nSPS) is 15.9. The van der Waals surface area contributed by atoms with Gasteiger partial charge in [0.25, 0.3) is 0 Å². The van der Waals surface area contributed by atoms with Gasteiger partial charge in [-0.05, 0) is 43.4 Å². The number of rotatable bonds is 3. The number of hydrogen-bond donors (Lipinski definition) is 0. The van der Waals surface area contributed by atoms with E-state index in [9.17, 15) is 0 Å². The summed E-state index contributed by atoms with van der Waals surface area (Å²) >= 11 is 0. The van der Waals surface area contributed by atoms with Crippen LogP contribution in [0.1, 0.15) is 64.4 Å². The molecule has 1 aliphatic rings. The van der Waals surface area contributed by atoms with Crippen LogP contribution >= 0.6 is 0 Å². The van der Waals surface area contributed by atoms with Gasteiger partial charge in [0, 0.05) is 0 Å². The summed E-state index contributed by atoms with van der Waals surface area (Å²) in [6.45, 7) is 6.78. The van der Waals surface area contributed by atoms with Crippen LogP contribution in [-0.4, -0.2) is 6.61 Å². The van der Waals surface area contributed by atoms with Gasteiger partial charge >= 0.3 is 0 Å². The van der Waals surface area contributed by atoms with Gasteiger partial charge in [-0.1, -0.05) is 45.2 Å². The zero-order valence-electron chi connectivity index (χ0n) is 11.5. The van der Waals surface area contributed by atoms with Crippen molar-refractivity contribution < 1.29 is 4.74 Å². The second-order valence-electron chi connectivity index (χ2n) is 4.34. The molecular formula is C16H26O. The van der Waals surface area contributed by atoms with Gasteiger partial charge in [0.2, 0.25) is 0 Å². The maximum absolute atomic E-state index is 5.45. The first kappa shape index (κ1) is 14.1. The van der Waals surface area contributed by atoms with Gasteiger partial charge in [0.15, 0.2) is 0 Å². The molecule has 0 N–H and O–H groups in total. The summed E-state index contributed by atoms with van der Waals surface area (Å²) in [6, 6.07) is 8.68. The molecule has 0 unspecified atom stereocenters. The first-order valence-electron chi connectivity index (χ1n) is 7.13. The molecule has 0 atom stereocenters. The van der Waals surface area contributed by atoms with E-state index >= 15 is 0 Å². The van der Waals surface area contributed by atoms with Gasteiger partial charge in [-0.25, -0.2) is 0 Å². The molecule has 2 rings (SSSR count). The molecule has 1 aromatic carbocycles. The SMILES string of the molecule is CC.CCOc1ccc(C2CCCCC2)cc1. The fraction of sp³-hybridized carbons (Fsp3) is 0.625. The van der Waals surface area contributed by atoms with Crippen molar-refractivity contribution >= 4 is 0 Å². The van der Waals surface area contributed by atoms with Crippen molar-refractivity contribution in [2.24, 2.45) is 0 Å². The van der Waals surface area contributed by atoms with Crippen LogP contribution in [-0.2, 0) is 0 Å². The second-order valence-corrected chi connectivity index (χ2v) is 4.34. The van der Waals surface area contributed by atoms with Gasteiger partial charge in [0.1, 0.15) is 5.75 Å². The Labute approximate surface area is 106 Å². The van der Waals surface area contributed by atoms with E-state index in [2.05, 4.69) is 24.3 Å². The minimum absolute atomic E-state index is 0.753. The van der Waals surface area contributed by atoms with Crippen molar-refractivity contribution in [1.82, 2.24) is 0 Å². The van der Waals surface area contributed by atoms with Crippen LogP contribution in [0, 0.1) is 0 Å². The average molecular weight is 234 g/mol. The highest BCUT2D eigenvalue weighted by Gasteiger charge is 2.14. The number of benzene rings is 1. The van der Waals surface area contributed by atoms with Gasteiger partial charge < -0.3 is 4.74 Å². The molecule has 0 spiro atoms. The maximum atomic E-state index is 5.45. The number of ether oxygens (including phenoxy) is 1. The molecule has 0 aliphatic heterocycles. The Morgan fingerprint density at radius 3 is 2.12 bits per heavy atom. The highest BCUT2D eigenvalue weighted by atomic mass is 16.5. The predicted molar refractivity (Wildman–Crippen MR) is 74.8 cm³/mol. The fourth-order valence-corrected chi connectivity index (χ4v) is 2.44. The molecular weight excluding hydrogens is 208 g/mol. The summed E-state index contributed by atoms with van der Waals surface area (Å²) < 4.78 is 5.45. The summed E-state index contributed by atoms with van der Waals surface area (Å²) in [4.78, 5) is 0. The molecule has 1 fully saturated rings. The van der Waals surface area contributed by atoms with Crippen molar-refractivity contribution in [3.63, 3.8) is 0 Å². The third-order valence-corrected chi connectivity index (χ3v) is 3.27. The van der Waals surface area contributed by atoms with E-state index in [1.165, 1.54) is 37.7 Å². The van der Waals surface area contributed by atoms with Crippen LogP contribution in [0.15, 0.2) is 24.3 Å². The highest BCUT2D eigenvalue weighted by Crippen LogP contribution is 2.33. The zero-order chi connectivity index (χ0) is 12.5. The van der Waals surface area contributed by atoms with E-state index in [4.69, 9.17) is 4.74 Å². The molecule has 0 aromatic heterocycles. The standard InChI is InChI=1S/C14H20O.C2H6/c1-2-15-14-10-8-13(9-11-14)12-6-4-3-5-7-12;1-2/h8-12H,2-7H2,1H3;1-2H3. The summed E-state index contributed by atoms with van der Waals surface area (Å²) in [7, 11) is 0. The van der Waals surface area contributed by atoms with Crippen LogP contribution < -0.4 is 4.74 Å². The maximum Gasteiger partial charge on any atom is 0.119 e. The van der Waals surface area contributed by atoms with Crippen molar-refractivity contribution in [1.29, 1.82) is 0 Å². The summed E-state index contributed by atoms with van der Waals surface area (Å²) in [6.07, 6.45) is 6.96. The average Bonchev–Trinajstić information content (AvgIpc) is 2.43. The van der Waals surface area contributed by atoms with E-state index in [1.54, 1.807) is 0 Å². The summed E-state index contributed by atoms with van der Waals surface area (Å²) in [5.41, 5.74) is 1.50. The van der Waals surface area contributed by atoms with Crippen molar-refractivity contribution in [2.75, 3.05) is 6.61 Å². The van der Waals surface area contributed by atoms with Crippen LogP contribution in [0.3, 0.4) is 0 Å². The molecule has 96 valence electrons. The summed E-state index contributed by atoms with van der Waals surface area (Å²) in [5, 5.41) is 0. The highest BCUT2D eigenvalue weighted by molar-refractivity contribution is 5.29. The Hall–Kier alpha value is -0.980. The molecule has 0 amide bonds. The minimum Gasteiger partial charge on any atom is -0.494 e. The van der Waals surface area contributed by atoms with Gasteiger partial charge in [0.05, 0.1) is 6.61 Å². The lowest BCUT2D eigenvalue weighted by molar-refractivity contribution is 0.340. The fourth-order valence-electron chi connectivity index (χ4n) is 2.44. The van der Waals surface area contributed by atoms with Gasteiger partial charge in [-0.2, -0.15) is 0 Å². The van der Waals surface area contributed by atoms with Gasteiger partial charge in [-0.15, -0.1) is 0 Å². The third kappa shape index (κ3) is 4.41. The Kier molecular flexibility index (Phi) is 6.76. The molecule has 0 radical (unpaired) electrons. The van der Waals surface area contributed by atoms with Crippen LogP contribution in [0.2, 0.25) is 0 Å². The molecule has 0 saturated heterocycles. The van der Waals surface area contributed by atoms with E-state index in [0.29, 0.717) is 0 Å². The predicted octanol–water partition coefficient (Wildman–Crippen LogP) is 5.16. The minimum atomic E-state index is 0.753. The number of hydrogen-bond acceptors (Lipinski definition) is 1. The van der Waals surface area contributed by atoms with E-state index < -0.39 is 0 Å². The monoisotopic (exact) mass is 234 g/mol. The quantitative estimate of drug-likeness (QED) is 0.702. The lowest BCUT2D eigenvalue weighted by Gasteiger charge is -2.22. The molecule has 0 heterocycles. The molecule has 1 saturated carbocycles. The second kappa shape index (κ2) is 8.16.